The van der Waals surface area contributed by atoms with Crippen LogP contribution in [0.25, 0.3) is 17.0 Å². The molecule has 1 aliphatic rings. The summed E-state index contributed by atoms with van der Waals surface area (Å²) in [4.78, 5) is 17.3. The number of fused-ring (bicyclic) bond motifs is 1. The number of para-hydroxylation sites is 1. The van der Waals surface area contributed by atoms with Crippen molar-refractivity contribution in [3.63, 3.8) is 0 Å². The molecule has 0 atom stereocenters. The van der Waals surface area contributed by atoms with E-state index < -0.39 is 15.9 Å². The van der Waals surface area contributed by atoms with E-state index in [4.69, 9.17) is 4.74 Å². The molecule has 178 valence electrons. The van der Waals surface area contributed by atoms with Crippen molar-refractivity contribution in [3.05, 3.63) is 66.4 Å². The van der Waals surface area contributed by atoms with Gasteiger partial charge in [-0.2, -0.15) is 4.31 Å². The monoisotopic (exact) mass is 479 g/mol. The number of nitrogens with one attached hydrogen (secondary N) is 1. The van der Waals surface area contributed by atoms with Gasteiger partial charge >= 0.3 is 0 Å². The molecule has 3 aromatic rings. The molecule has 1 N–H and O–H groups in total. The number of nitrogens with zero attached hydrogens (tertiary/aromatic N) is 2. The summed E-state index contributed by atoms with van der Waals surface area (Å²) in [5, 5.41) is 3.78. The van der Waals surface area contributed by atoms with Crippen molar-refractivity contribution < 1.29 is 17.9 Å². The molecule has 0 radical (unpaired) electrons. The van der Waals surface area contributed by atoms with Crippen molar-refractivity contribution in [2.75, 3.05) is 18.4 Å². The molecule has 1 saturated heterocycles. The standard InChI is InChI=1S/C26H29N3O4S/c1-19(2)33-24-13-12-22(34(31,32)29-16-4-3-5-17-29)18-23(24)28-25(30)14-11-21-9-6-8-20-10-7-15-27-26(20)21/h6-15,18-19H,3-5,16-17H2,1-2H3,(H,28,30). The van der Waals surface area contributed by atoms with Gasteiger partial charge in [-0.15, -0.1) is 0 Å². The van der Waals surface area contributed by atoms with Crippen LogP contribution in [0.5, 0.6) is 5.75 Å². The lowest BCUT2D eigenvalue weighted by atomic mass is 10.1. The van der Waals surface area contributed by atoms with E-state index in [1.807, 2.05) is 44.2 Å². The zero-order valence-corrected chi connectivity index (χ0v) is 20.2. The van der Waals surface area contributed by atoms with Gasteiger partial charge in [0.1, 0.15) is 5.75 Å². The highest BCUT2D eigenvalue weighted by molar-refractivity contribution is 7.89. The van der Waals surface area contributed by atoms with Crippen molar-refractivity contribution in [1.82, 2.24) is 9.29 Å². The summed E-state index contributed by atoms with van der Waals surface area (Å²) in [6.07, 6.45) is 7.42. The molecule has 34 heavy (non-hydrogen) atoms. The fourth-order valence-electron chi connectivity index (χ4n) is 3.98. The Balaban J connectivity index is 1.60. The quantitative estimate of drug-likeness (QED) is 0.490. The van der Waals surface area contributed by atoms with Gasteiger partial charge in [0, 0.05) is 36.3 Å². The highest BCUT2D eigenvalue weighted by Crippen LogP contribution is 2.31. The second kappa shape index (κ2) is 10.4. The zero-order chi connectivity index (χ0) is 24.1. The van der Waals surface area contributed by atoms with Crippen molar-refractivity contribution in [2.24, 2.45) is 0 Å². The van der Waals surface area contributed by atoms with Gasteiger partial charge in [-0.05, 0) is 57.0 Å². The van der Waals surface area contributed by atoms with Crippen molar-refractivity contribution in [2.45, 2.75) is 44.1 Å². The Bertz CT molecular complexity index is 1310. The highest BCUT2D eigenvalue weighted by atomic mass is 32.2. The largest absolute Gasteiger partial charge is 0.489 e. The fourth-order valence-corrected chi connectivity index (χ4v) is 5.52. The predicted molar refractivity (Wildman–Crippen MR) is 134 cm³/mol. The van der Waals surface area contributed by atoms with Crippen LogP contribution in [0.3, 0.4) is 0 Å². The van der Waals surface area contributed by atoms with Crippen LogP contribution in [0.15, 0.2) is 65.7 Å². The number of carbonyl (C=O) groups is 1. The first kappa shape index (κ1) is 23.9. The van der Waals surface area contributed by atoms with Gasteiger partial charge in [-0.1, -0.05) is 30.7 Å². The molecule has 1 fully saturated rings. The molecule has 7 nitrogen and oxygen atoms in total. The van der Waals surface area contributed by atoms with Crippen LogP contribution >= 0.6 is 0 Å². The van der Waals surface area contributed by atoms with Gasteiger partial charge in [-0.3, -0.25) is 9.78 Å². The molecule has 1 aliphatic heterocycles. The van der Waals surface area contributed by atoms with E-state index >= 15 is 0 Å². The van der Waals surface area contributed by atoms with Crippen LogP contribution in [0, 0.1) is 0 Å². The average Bonchev–Trinajstić information content (AvgIpc) is 2.84. The summed E-state index contributed by atoms with van der Waals surface area (Å²) in [5.41, 5.74) is 1.93. The molecule has 1 aromatic heterocycles. The van der Waals surface area contributed by atoms with Crippen LogP contribution in [0.1, 0.15) is 38.7 Å². The minimum absolute atomic E-state index is 0.141. The number of pyridine rings is 1. The van der Waals surface area contributed by atoms with Crippen molar-refractivity contribution in [3.8, 4) is 5.75 Å². The maximum Gasteiger partial charge on any atom is 0.248 e. The Morgan fingerprint density at radius 2 is 1.85 bits per heavy atom. The minimum atomic E-state index is -3.64. The fraction of sp³-hybridized carbons (Fsp3) is 0.308. The molecule has 0 spiro atoms. The van der Waals surface area contributed by atoms with Crippen molar-refractivity contribution >= 4 is 38.6 Å². The van der Waals surface area contributed by atoms with Gasteiger partial charge in [0.2, 0.25) is 15.9 Å². The second-order valence-electron chi connectivity index (χ2n) is 8.53. The molecule has 0 saturated carbocycles. The van der Waals surface area contributed by atoms with E-state index in [9.17, 15) is 13.2 Å². The molecule has 0 aliphatic carbocycles. The van der Waals surface area contributed by atoms with E-state index in [0.29, 0.717) is 24.5 Å². The van der Waals surface area contributed by atoms with Crippen LogP contribution in [-0.4, -0.2) is 42.8 Å². The average molecular weight is 480 g/mol. The maximum atomic E-state index is 13.1. The third-order valence-electron chi connectivity index (χ3n) is 5.60. The number of amides is 1. The van der Waals surface area contributed by atoms with Gasteiger partial charge in [-0.25, -0.2) is 8.42 Å². The van der Waals surface area contributed by atoms with Crippen LogP contribution in [0.2, 0.25) is 0 Å². The number of carbonyl (C=O) groups excluding carboxylic acids is 1. The normalized spacial score (nSPS) is 15.1. The van der Waals surface area contributed by atoms with Gasteiger partial charge in [0.15, 0.2) is 0 Å². The van der Waals surface area contributed by atoms with Crippen molar-refractivity contribution in [1.29, 1.82) is 0 Å². The third kappa shape index (κ3) is 5.46. The number of aromatic nitrogens is 1. The predicted octanol–water partition coefficient (Wildman–Crippen LogP) is 4.85. The summed E-state index contributed by atoms with van der Waals surface area (Å²) in [5.74, 6) is 0.0234. The Morgan fingerprint density at radius 3 is 2.62 bits per heavy atom. The van der Waals surface area contributed by atoms with Crippen LogP contribution < -0.4 is 10.1 Å². The molecular weight excluding hydrogens is 450 g/mol. The molecule has 2 heterocycles. The second-order valence-corrected chi connectivity index (χ2v) is 10.5. The number of rotatable bonds is 7. The summed E-state index contributed by atoms with van der Waals surface area (Å²) in [6.45, 7) is 4.76. The molecule has 0 unspecified atom stereocenters. The Labute approximate surface area is 200 Å². The zero-order valence-electron chi connectivity index (χ0n) is 19.4. The van der Waals surface area contributed by atoms with Gasteiger partial charge in [0.25, 0.3) is 0 Å². The van der Waals surface area contributed by atoms with E-state index in [2.05, 4.69) is 10.3 Å². The topological polar surface area (TPSA) is 88.6 Å². The first-order chi connectivity index (χ1) is 16.3. The maximum absolute atomic E-state index is 13.1. The number of piperidine rings is 1. The lowest BCUT2D eigenvalue weighted by molar-refractivity contribution is -0.111. The third-order valence-corrected chi connectivity index (χ3v) is 7.50. The molecule has 0 bridgehead atoms. The van der Waals surface area contributed by atoms with Gasteiger partial charge < -0.3 is 10.1 Å². The van der Waals surface area contributed by atoms with E-state index in [1.54, 1.807) is 18.3 Å². The number of ether oxygens (including phenoxy) is 1. The SMILES string of the molecule is CC(C)Oc1ccc(S(=O)(=O)N2CCCCC2)cc1NC(=O)C=Cc1cccc2cccnc12. The molecular formula is C26H29N3O4S. The first-order valence-electron chi connectivity index (χ1n) is 11.5. The lowest BCUT2D eigenvalue weighted by Gasteiger charge is -2.26. The molecule has 1 amide bonds. The van der Waals surface area contributed by atoms with E-state index in [0.717, 1.165) is 35.7 Å². The molecule has 4 rings (SSSR count). The Morgan fingerprint density at radius 1 is 1.09 bits per heavy atom. The van der Waals surface area contributed by atoms with Gasteiger partial charge in [0.05, 0.1) is 22.2 Å². The number of anilines is 1. The number of sulfonamides is 1. The number of hydrogen-bond donors (Lipinski definition) is 1. The summed E-state index contributed by atoms with van der Waals surface area (Å²) in [7, 11) is -3.64. The molecule has 8 heteroatoms. The Hall–Kier alpha value is -3.23. The molecule has 2 aromatic carbocycles. The van der Waals surface area contributed by atoms with E-state index in [-0.39, 0.29) is 11.0 Å². The Kier molecular flexibility index (Phi) is 7.29. The lowest BCUT2D eigenvalue weighted by Crippen LogP contribution is -2.35. The van der Waals surface area contributed by atoms with Crippen LogP contribution in [-0.2, 0) is 14.8 Å². The minimum Gasteiger partial charge on any atom is -0.489 e. The summed E-state index contributed by atoms with van der Waals surface area (Å²) >= 11 is 0. The smallest absolute Gasteiger partial charge is 0.248 e. The highest BCUT2D eigenvalue weighted by Gasteiger charge is 2.27. The van der Waals surface area contributed by atoms with E-state index in [1.165, 1.54) is 22.5 Å². The van der Waals surface area contributed by atoms with Crippen LogP contribution in [0.4, 0.5) is 5.69 Å². The first-order valence-corrected chi connectivity index (χ1v) is 12.9. The number of hydrogen-bond acceptors (Lipinski definition) is 5. The summed E-state index contributed by atoms with van der Waals surface area (Å²) < 4.78 is 33.6. The summed E-state index contributed by atoms with van der Waals surface area (Å²) in [6, 6.07) is 14.2. The number of benzene rings is 2.